The lowest BCUT2D eigenvalue weighted by Gasteiger charge is -2.34. The molecule has 6 nitrogen and oxygen atoms in total. The molecule has 2 N–H and O–H groups in total. The first-order valence-corrected chi connectivity index (χ1v) is 6.75. The van der Waals surface area contributed by atoms with Gasteiger partial charge in [-0.2, -0.15) is 0 Å². The molecule has 1 aromatic heterocycles. The van der Waals surface area contributed by atoms with Gasteiger partial charge in [-0.1, -0.05) is 24.3 Å². The van der Waals surface area contributed by atoms with Crippen LogP contribution in [0.4, 0.5) is 0 Å². The third kappa shape index (κ3) is 2.52. The number of fused-ring (bicyclic) bond motifs is 1. The number of hydrogen-bond donors (Lipinski definition) is 2. The van der Waals surface area contributed by atoms with E-state index in [0.717, 1.165) is 5.56 Å². The SMILES string of the molecule is O=C(O)[C@@H]1c2ccccc2CCN1C(=O)Cc1ncc[nH]1. The third-order valence-corrected chi connectivity index (χ3v) is 3.71. The minimum Gasteiger partial charge on any atom is -0.479 e. The van der Waals surface area contributed by atoms with Crippen LogP contribution in [0, 0.1) is 0 Å². The Bertz CT molecular complexity index is 667. The maximum absolute atomic E-state index is 12.4. The topological polar surface area (TPSA) is 86.3 Å². The van der Waals surface area contributed by atoms with Crippen molar-refractivity contribution in [3.05, 3.63) is 53.6 Å². The number of nitrogens with one attached hydrogen (secondary N) is 1. The van der Waals surface area contributed by atoms with Crippen LogP contribution in [0.15, 0.2) is 36.7 Å². The van der Waals surface area contributed by atoms with Crippen LogP contribution >= 0.6 is 0 Å². The Labute approximate surface area is 121 Å². The number of carbonyl (C=O) groups is 2. The van der Waals surface area contributed by atoms with E-state index < -0.39 is 12.0 Å². The molecule has 0 saturated heterocycles. The van der Waals surface area contributed by atoms with Gasteiger partial charge >= 0.3 is 5.97 Å². The van der Waals surface area contributed by atoms with Crippen molar-refractivity contribution >= 4 is 11.9 Å². The zero-order valence-corrected chi connectivity index (χ0v) is 11.3. The van der Waals surface area contributed by atoms with Crippen LogP contribution in [0.2, 0.25) is 0 Å². The quantitative estimate of drug-likeness (QED) is 0.886. The van der Waals surface area contributed by atoms with Gasteiger partial charge in [-0.25, -0.2) is 9.78 Å². The van der Waals surface area contributed by atoms with Crippen molar-refractivity contribution in [1.82, 2.24) is 14.9 Å². The first-order valence-electron chi connectivity index (χ1n) is 6.75. The number of carboxylic acids is 1. The van der Waals surface area contributed by atoms with Gasteiger partial charge in [0.25, 0.3) is 0 Å². The van der Waals surface area contributed by atoms with E-state index in [1.165, 1.54) is 4.90 Å². The van der Waals surface area contributed by atoms with Crippen LogP contribution in [0.25, 0.3) is 0 Å². The summed E-state index contributed by atoms with van der Waals surface area (Å²) in [6.07, 6.45) is 3.97. The molecule has 0 spiro atoms. The average molecular weight is 285 g/mol. The highest BCUT2D eigenvalue weighted by Crippen LogP contribution is 2.30. The molecule has 1 aliphatic heterocycles. The molecule has 21 heavy (non-hydrogen) atoms. The van der Waals surface area contributed by atoms with Gasteiger partial charge in [0.15, 0.2) is 6.04 Å². The molecule has 0 saturated carbocycles. The average Bonchev–Trinajstić information content (AvgIpc) is 2.98. The molecular weight excluding hydrogens is 270 g/mol. The summed E-state index contributed by atoms with van der Waals surface area (Å²) in [5, 5.41) is 9.51. The Balaban J connectivity index is 1.88. The maximum atomic E-state index is 12.4. The number of aliphatic carboxylic acids is 1. The van der Waals surface area contributed by atoms with Crippen molar-refractivity contribution in [2.75, 3.05) is 6.54 Å². The van der Waals surface area contributed by atoms with Crippen molar-refractivity contribution in [3.8, 4) is 0 Å². The fourth-order valence-corrected chi connectivity index (χ4v) is 2.74. The summed E-state index contributed by atoms with van der Waals surface area (Å²) in [5.41, 5.74) is 1.69. The van der Waals surface area contributed by atoms with Gasteiger partial charge < -0.3 is 15.0 Å². The smallest absolute Gasteiger partial charge is 0.331 e. The van der Waals surface area contributed by atoms with Gasteiger partial charge in [0.2, 0.25) is 5.91 Å². The van der Waals surface area contributed by atoms with Crippen LogP contribution in [-0.2, 0) is 22.4 Å². The Hall–Kier alpha value is -2.63. The largest absolute Gasteiger partial charge is 0.479 e. The number of carbonyl (C=O) groups excluding carboxylic acids is 1. The van der Waals surface area contributed by atoms with Gasteiger partial charge in [-0.15, -0.1) is 0 Å². The Kier molecular flexibility index (Phi) is 3.43. The van der Waals surface area contributed by atoms with E-state index in [-0.39, 0.29) is 12.3 Å². The number of imidazole rings is 1. The summed E-state index contributed by atoms with van der Waals surface area (Å²) in [4.78, 5) is 32.3. The number of amides is 1. The summed E-state index contributed by atoms with van der Waals surface area (Å²) < 4.78 is 0. The van der Waals surface area contributed by atoms with Gasteiger partial charge in [-0.3, -0.25) is 4.79 Å². The molecule has 0 radical (unpaired) electrons. The van der Waals surface area contributed by atoms with Crippen LogP contribution in [0.5, 0.6) is 0 Å². The first-order chi connectivity index (χ1) is 10.2. The zero-order valence-electron chi connectivity index (χ0n) is 11.3. The van der Waals surface area contributed by atoms with E-state index in [1.54, 1.807) is 24.5 Å². The Morgan fingerprint density at radius 3 is 2.90 bits per heavy atom. The van der Waals surface area contributed by atoms with Gasteiger partial charge in [0, 0.05) is 18.9 Å². The summed E-state index contributed by atoms with van der Waals surface area (Å²) >= 11 is 0. The predicted molar refractivity (Wildman–Crippen MR) is 74.5 cm³/mol. The number of aromatic amines is 1. The summed E-state index contributed by atoms with van der Waals surface area (Å²) in [5.74, 6) is -0.690. The standard InChI is InChI=1S/C15H15N3O3/c19-13(9-12-16-6-7-17-12)18-8-5-10-3-1-2-4-11(10)14(18)15(20)21/h1-4,6-7,14H,5,8-9H2,(H,16,17)(H,20,21)/t14-/m0/s1. The molecule has 0 aliphatic carbocycles. The molecule has 1 atom stereocenters. The highest BCUT2D eigenvalue weighted by atomic mass is 16.4. The van der Waals surface area contributed by atoms with E-state index >= 15 is 0 Å². The fraction of sp³-hybridized carbons (Fsp3) is 0.267. The number of hydrogen-bond acceptors (Lipinski definition) is 3. The monoisotopic (exact) mass is 285 g/mol. The van der Waals surface area contributed by atoms with Crippen LogP contribution in [-0.4, -0.2) is 38.4 Å². The maximum Gasteiger partial charge on any atom is 0.331 e. The second-order valence-electron chi connectivity index (χ2n) is 4.99. The molecule has 3 rings (SSSR count). The van der Waals surface area contributed by atoms with E-state index in [2.05, 4.69) is 9.97 Å². The van der Waals surface area contributed by atoms with Crippen LogP contribution < -0.4 is 0 Å². The number of aromatic nitrogens is 2. The van der Waals surface area contributed by atoms with Crippen molar-refractivity contribution in [1.29, 1.82) is 0 Å². The lowest BCUT2D eigenvalue weighted by molar-refractivity contribution is -0.151. The number of rotatable bonds is 3. The minimum atomic E-state index is -1.00. The summed E-state index contributed by atoms with van der Waals surface area (Å²) in [6.45, 7) is 0.410. The van der Waals surface area contributed by atoms with Crippen molar-refractivity contribution in [2.24, 2.45) is 0 Å². The summed E-state index contributed by atoms with van der Waals surface area (Å²) in [7, 11) is 0. The number of nitrogens with zero attached hydrogens (tertiary/aromatic N) is 2. The number of carboxylic acid groups (broad SMARTS) is 1. The normalized spacial score (nSPS) is 17.3. The molecule has 1 amide bonds. The van der Waals surface area contributed by atoms with Crippen molar-refractivity contribution in [2.45, 2.75) is 18.9 Å². The lowest BCUT2D eigenvalue weighted by atomic mass is 9.92. The Morgan fingerprint density at radius 1 is 1.38 bits per heavy atom. The Morgan fingerprint density at radius 2 is 2.19 bits per heavy atom. The minimum absolute atomic E-state index is 0.0823. The van der Waals surface area contributed by atoms with E-state index in [1.807, 2.05) is 12.1 Å². The van der Waals surface area contributed by atoms with Crippen molar-refractivity contribution in [3.63, 3.8) is 0 Å². The van der Waals surface area contributed by atoms with Gasteiger partial charge in [0.1, 0.15) is 5.82 Å². The lowest BCUT2D eigenvalue weighted by Crippen LogP contribution is -2.44. The molecular formula is C15H15N3O3. The molecule has 1 aromatic carbocycles. The molecule has 0 bridgehead atoms. The molecule has 2 heterocycles. The van der Waals surface area contributed by atoms with Gasteiger partial charge in [0.05, 0.1) is 6.42 Å². The molecule has 0 fully saturated rings. The highest BCUT2D eigenvalue weighted by Gasteiger charge is 2.35. The van der Waals surface area contributed by atoms with Crippen LogP contribution in [0.1, 0.15) is 23.0 Å². The van der Waals surface area contributed by atoms with E-state index in [0.29, 0.717) is 24.4 Å². The second-order valence-corrected chi connectivity index (χ2v) is 4.99. The van der Waals surface area contributed by atoms with Gasteiger partial charge in [-0.05, 0) is 17.5 Å². The fourth-order valence-electron chi connectivity index (χ4n) is 2.74. The zero-order chi connectivity index (χ0) is 14.8. The van der Waals surface area contributed by atoms with E-state index in [4.69, 9.17) is 0 Å². The molecule has 108 valence electrons. The summed E-state index contributed by atoms with van der Waals surface area (Å²) in [6, 6.07) is 6.46. The third-order valence-electron chi connectivity index (χ3n) is 3.71. The number of H-pyrrole nitrogens is 1. The highest BCUT2D eigenvalue weighted by molar-refractivity contribution is 5.86. The predicted octanol–water partition coefficient (Wildman–Crippen LogP) is 1.16. The second kappa shape index (κ2) is 5.40. The van der Waals surface area contributed by atoms with Crippen LogP contribution in [0.3, 0.4) is 0 Å². The van der Waals surface area contributed by atoms with Crippen molar-refractivity contribution < 1.29 is 14.7 Å². The molecule has 0 unspecified atom stereocenters. The number of benzene rings is 1. The van der Waals surface area contributed by atoms with E-state index in [9.17, 15) is 14.7 Å². The molecule has 6 heteroatoms. The molecule has 1 aliphatic rings. The first kappa shape index (κ1) is 13.4. The molecule has 2 aromatic rings.